The summed E-state index contributed by atoms with van der Waals surface area (Å²) in [5.74, 6) is 1.97. The third-order valence-electron chi connectivity index (χ3n) is 4.80. The van der Waals surface area contributed by atoms with Gasteiger partial charge in [-0.25, -0.2) is 0 Å². The van der Waals surface area contributed by atoms with E-state index in [1.54, 1.807) is 0 Å². The summed E-state index contributed by atoms with van der Waals surface area (Å²) in [6.45, 7) is 7.34. The van der Waals surface area contributed by atoms with Gasteiger partial charge in [0, 0.05) is 23.7 Å². The molecule has 1 N–H and O–H groups in total. The van der Waals surface area contributed by atoms with E-state index in [9.17, 15) is 4.79 Å². The molecule has 0 saturated carbocycles. The summed E-state index contributed by atoms with van der Waals surface area (Å²) in [7, 11) is 0. The number of nitrogens with zero attached hydrogens (tertiary/aromatic N) is 3. The van der Waals surface area contributed by atoms with Gasteiger partial charge in [-0.2, -0.15) is 0 Å². The van der Waals surface area contributed by atoms with Crippen LogP contribution >= 0.6 is 23.4 Å². The Hall–Kier alpha value is -2.51. The molecule has 164 valence electrons. The molecule has 6 nitrogen and oxygen atoms in total. The lowest BCUT2D eigenvalue weighted by Gasteiger charge is -2.10. The van der Waals surface area contributed by atoms with E-state index in [1.165, 1.54) is 11.8 Å². The molecule has 8 heteroatoms. The van der Waals surface area contributed by atoms with E-state index in [2.05, 4.69) is 27.0 Å². The summed E-state index contributed by atoms with van der Waals surface area (Å²) in [5, 5.41) is 13.0. The Kier molecular flexibility index (Phi) is 8.37. The lowest BCUT2D eigenvalue weighted by Crippen LogP contribution is -2.15. The minimum absolute atomic E-state index is 0.0572. The molecule has 3 aromatic rings. The molecule has 0 aliphatic rings. The Labute approximate surface area is 192 Å². The zero-order valence-corrected chi connectivity index (χ0v) is 19.6. The van der Waals surface area contributed by atoms with Crippen molar-refractivity contribution in [3.63, 3.8) is 0 Å². The topological polar surface area (TPSA) is 69.0 Å². The van der Waals surface area contributed by atoms with Crippen LogP contribution in [0.4, 0.5) is 5.69 Å². The van der Waals surface area contributed by atoms with Crippen LogP contribution in [0.1, 0.15) is 30.3 Å². The van der Waals surface area contributed by atoms with Crippen molar-refractivity contribution in [1.82, 2.24) is 14.8 Å². The first-order chi connectivity index (χ1) is 15.0. The summed E-state index contributed by atoms with van der Waals surface area (Å²) in [6, 6.07) is 13.3. The summed E-state index contributed by atoms with van der Waals surface area (Å²) in [6.07, 6.45) is 1.57. The number of rotatable bonds is 10. The van der Waals surface area contributed by atoms with E-state index >= 15 is 0 Å². The molecule has 3 rings (SSSR count). The fourth-order valence-electron chi connectivity index (χ4n) is 3.15. The number of carbonyl (C=O) groups excluding carboxylic acids is 1. The number of carbonyl (C=O) groups is 1. The number of thioether (sulfide) groups is 1. The molecule has 31 heavy (non-hydrogen) atoms. The number of aryl methyl sites for hydroxylation is 3. The van der Waals surface area contributed by atoms with Crippen LogP contribution in [0.15, 0.2) is 47.6 Å². The van der Waals surface area contributed by atoms with Crippen LogP contribution in [-0.2, 0) is 17.8 Å². The fourth-order valence-corrected chi connectivity index (χ4v) is 4.19. The highest BCUT2D eigenvalue weighted by Crippen LogP contribution is 2.22. The average Bonchev–Trinajstić information content (AvgIpc) is 3.14. The molecule has 2 aromatic carbocycles. The summed E-state index contributed by atoms with van der Waals surface area (Å²) < 4.78 is 7.92. The summed E-state index contributed by atoms with van der Waals surface area (Å²) >= 11 is 7.38. The second-order valence-corrected chi connectivity index (χ2v) is 8.54. The predicted octanol–water partition coefficient (Wildman–Crippen LogP) is 5.31. The zero-order chi connectivity index (χ0) is 22.2. The number of nitrogens with one attached hydrogen (secondary N) is 1. The van der Waals surface area contributed by atoms with E-state index in [0.717, 1.165) is 52.9 Å². The predicted molar refractivity (Wildman–Crippen MR) is 126 cm³/mol. The molecule has 0 fully saturated rings. The maximum atomic E-state index is 12.3. The normalized spacial score (nSPS) is 10.8. The standard InChI is InChI=1S/C23H27ClN4O2S/c1-4-28-21(10-7-13-30-20-12-11-18(24)14-17(20)3)26-27-23(28)31-15-22(29)25-19-9-6-5-8-16(19)2/h5-6,8-9,11-12,14H,4,7,10,13,15H2,1-3H3,(H,25,29). The number of hydrogen-bond acceptors (Lipinski definition) is 5. The number of halogens is 1. The van der Waals surface area contributed by atoms with Crippen molar-refractivity contribution in [3.05, 3.63) is 64.4 Å². The van der Waals surface area contributed by atoms with Crippen molar-refractivity contribution in [3.8, 4) is 5.75 Å². The van der Waals surface area contributed by atoms with Crippen molar-refractivity contribution in [2.24, 2.45) is 0 Å². The third kappa shape index (κ3) is 6.48. The van der Waals surface area contributed by atoms with Gasteiger partial charge in [0.25, 0.3) is 0 Å². The van der Waals surface area contributed by atoms with Gasteiger partial charge in [-0.05, 0) is 62.6 Å². The number of amides is 1. The first-order valence-electron chi connectivity index (χ1n) is 10.3. The van der Waals surface area contributed by atoms with E-state index in [-0.39, 0.29) is 11.7 Å². The smallest absolute Gasteiger partial charge is 0.234 e. The van der Waals surface area contributed by atoms with Crippen LogP contribution in [0.2, 0.25) is 5.02 Å². The first-order valence-corrected chi connectivity index (χ1v) is 11.6. The van der Waals surface area contributed by atoms with Crippen LogP contribution in [0, 0.1) is 13.8 Å². The third-order valence-corrected chi connectivity index (χ3v) is 6.00. The Morgan fingerprint density at radius 2 is 1.97 bits per heavy atom. The van der Waals surface area contributed by atoms with Gasteiger partial charge in [0.1, 0.15) is 11.6 Å². The number of benzene rings is 2. The minimum atomic E-state index is -0.0572. The quantitative estimate of drug-likeness (QED) is 0.329. The van der Waals surface area contributed by atoms with Crippen molar-refractivity contribution in [2.75, 3.05) is 17.7 Å². The van der Waals surface area contributed by atoms with E-state index < -0.39 is 0 Å². The number of anilines is 1. The zero-order valence-electron chi connectivity index (χ0n) is 18.0. The van der Waals surface area contributed by atoms with Crippen LogP contribution in [0.25, 0.3) is 0 Å². The van der Waals surface area contributed by atoms with Crippen LogP contribution in [0.3, 0.4) is 0 Å². The minimum Gasteiger partial charge on any atom is -0.493 e. The largest absolute Gasteiger partial charge is 0.493 e. The Morgan fingerprint density at radius 3 is 2.71 bits per heavy atom. The van der Waals surface area contributed by atoms with E-state index in [0.29, 0.717) is 11.6 Å². The first kappa shape index (κ1) is 23.2. The van der Waals surface area contributed by atoms with Crippen LogP contribution < -0.4 is 10.1 Å². The van der Waals surface area contributed by atoms with Crippen LogP contribution in [0.5, 0.6) is 5.75 Å². The average molecular weight is 459 g/mol. The fraction of sp³-hybridized carbons (Fsp3) is 0.348. The Morgan fingerprint density at radius 1 is 1.16 bits per heavy atom. The molecule has 0 unspecified atom stereocenters. The molecule has 0 saturated heterocycles. The number of aromatic nitrogens is 3. The summed E-state index contributed by atoms with van der Waals surface area (Å²) in [4.78, 5) is 12.3. The van der Waals surface area contributed by atoms with Gasteiger partial charge in [0.2, 0.25) is 5.91 Å². The molecule has 0 spiro atoms. The SMILES string of the molecule is CCn1c(CCCOc2ccc(Cl)cc2C)nnc1SCC(=O)Nc1ccccc1C. The molecule has 1 amide bonds. The van der Waals surface area contributed by atoms with E-state index in [4.69, 9.17) is 16.3 Å². The number of para-hydroxylation sites is 1. The maximum Gasteiger partial charge on any atom is 0.234 e. The van der Waals surface area contributed by atoms with Gasteiger partial charge in [-0.1, -0.05) is 41.6 Å². The van der Waals surface area contributed by atoms with Crippen molar-refractivity contribution < 1.29 is 9.53 Å². The second-order valence-electron chi connectivity index (χ2n) is 7.16. The van der Waals surface area contributed by atoms with Crippen LogP contribution in [-0.4, -0.2) is 33.0 Å². The van der Waals surface area contributed by atoms with Gasteiger partial charge >= 0.3 is 0 Å². The Bertz CT molecular complexity index is 1040. The molecule has 0 aliphatic heterocycles. The van der Waals surface area contributed by atoms with Crippen molar-refractivity contribution in [2.45, 2.75) is 45.3 Å². The molecular weight excluding hydrogens is 432 g/mol. The molecular formula is C23H27ClN4O2S. The van der Waals surface area contributed by atoms with Gasteiger partial charge < -0.3 is 14.6 Å². The number of ether oxygens (including phenoxy) is 1. The van der Waals surface area contributed by atoms with Crippen molar-refractivity contribution in [1.29, 1.82) is 0 Å². The highest BCUT2D eigenvalue weighted by Gasteiger charge is 2.13. The maximum absolute atomic E-state index is 12.3. The van der Waals surface area contributed by atoms with Gasteiger partial charge in [-0.15, -0.1) is 10.2 Å². The number of hydrogen-bond donors (Lipinski definition) is 1. The van der Waals surface area contributed by atoms with Gasteiger partial charge in [0.15, 0.2) is 5.16 Å². The van der Waals surface area contributed by atoms with Gasteiger partial charge in [0.05, 0.1) is 12.4 Å². The highest BCUT2D eigenvalue weighted by atomic mass is 35.5. The van der Waals surface area contributed by atoms with Crippen molar-refractivity contribution >= 4 is 35.0 Å². The summed E-state index contributed by atoms with van der Waals surface area (Å²) in [5.41, 5.74) is 2.89. The molecule has 1 aromatic heterocycles. The monoisotopic (exact) mass is 458 g/mol. The lowest BCUT2D eigenvalue weighted by atomic mass is 10.2. The molecule has 0 atom stereocenters. The molecule has 1 heterocycles. The molecule has 0 radical (unpaired) electrons. The lowest BCUT2D eigenvalue weighted by molar-refractivity contribution is -0.113. The molecule has 0 bridgehead atoms. The molecule has 0 aliphatic carbocycles. The Balaban J connectivity index is 1.49. The van der Waals surface area contributed by atoms with Gasteiger partial charge in [-0.3, -0.25) is 4.79 Å². The highest BCUT2D eigenvalue weighted by molar-refractivity contribution is 7.99. The van der Waals surface area contributed by atoms with E-state index in [1.807, 2.05) is 56.3 Å². The second kappa shape index (κ2) is 11.2.